The number of benzene rings is 2. The van der Waals surface area contributed by atoms with Gasteiger partial charge in [0.15, 0.2) is 0 Å². The minimum Gasteiger partial charge on any atom is -0.344 e. The Labute approximate surface area is 129 Å². The topological polar surface area (TPSA) is 3.24 Å². The summed E-state index contributed by atoms with van der Waals surface area (Å²) < 4.78 is 0. The van der Waals surface area contributed by atoms with Gasteiger partial charge in [-0.15, -0.1) is 0 Å². The zero-order valence-electron chi connectivity index (χ0n) is 14.7. The summed E-state index contributed by atoms with van der Waals surface area (Å²) in [6, 6.07) is 6.70. The van der Waals surface area contributed by atoms with Crippen LogP contribution in [-0.2, 0) is 0 Å². The number of nitrogens with zero attached hydrogens (tertiary/aromatic N) is 1. The predicted octanol–water partition coefficient (Wildman–Crippen LogP) is 5.61. The molecule has 0 spiro atoms. The monoisotopic (exact) mass is 281 g/mol. The van der Waals surface area contributed by atoms with Crippen LogP contribution in [0.25, 0.3) is 0 Å². The number of rotatable bonds is 2. The first-order valence-electron chi connectivity index (χ1n) is 7.63. The summed E-state index contributed by atoms with van der Waals surface area (Å²) in [5.74, 6) is 0. The molecule has 0 aromatic heterocycles. The molecule has 0 bridgehead atoms. The second kappa shape index (κ2) is 5.55. The first-order valence-corrected chi connectivity index (χ1v) is 7.63. The predicted molar refractivity (Wildman–Crippen MR) is 94.1 cm³/mol. The van der Waals surface area contributed by atoms with E-state index in [0.717, 1.165) is 0 Å². The fourth-order valence-corrected chi connectivity index (χ4v) is 3.05. The first-order chi connectivity index (χ1) is 9.75. The van der Waals surface area contributed by atoms with Crippen LogP contribution in [0.2, 0.25) is 0 Å². The number of anilines is 2. The van der Waals surface area contributed by atoms with Crippen LogP contribution in [0, 0.1) is 48.5 Å². The summed E-state index contributed by atoms with van der Waals surface area (Å²) in [7, 11) is 2.17. The van der Waals surface area contributed by atoms with Crippen molar-refractivity contribution in [3.05, 3.63) is 57.1 Å². The van der Waals surface area contributed by atoms with Crippen LogP contribution >= 0.6 is 0 Å². The molecule has 0 radical (unpaired) electrons. The van der Waals surface area contributed by atoms with Crippen molar-refractivity contribution >= 4 is 11.4 Å². The zero-order chi connectivity index (χ0) is 15.9. The third kappa shape index (κ3) is 2.57. The zero-order valence-corrected chi connectivity index (χ0v) is 14.7. The molecule has 0 fully saturated rings. The van der Waals surface area contributed by atoms with Crippen LogP contribution in [0.15, 0.2) is 18.2 Å². The maximum atomic E-state index is 2.33. The smallest absolute Gasteiger partial charge is 0.0473 e. The molecule has 0 aliphatic carbocycles. The first kappa shape index (κ1) is 15.6. The van der Waals surface area contributed by atoms with E-state index in [2.05, 4.69) is 78.6 Å². The van der Waals surface area contributed by atoms with E-state index in [4.69, 9.17) is 0 Å². The highest BCUT2D eigenvalue weighted by atomic mass is 15.1. The van der Waals surface area contributed by atoms with E-state index in [1.807, 2.05) is 0 Å². The largest absolute Gasteiger partial charge is 0.344 e. The Morgan fingerprint density at radius 1 is 0.619 bits per heavy atom. The summed E-state index contributed by atoms with van der Waals surface area (Å²) in [6.07, 6.45) is 0. The van der Waals surface area contributed by atoms with E-state index in [1.54, 1.807) is 0 Å². The van der Waals surface area contributed by atoms with E-state index in [-0.39, 0.29) is 0 Å². The highest BCUT2D eigenvalue weighted by molar-refractivity contribution is 5.73. The molecule has 2 rings (SSSR count). The van der Waals surface area contributed by atoms with Crippen molar-refractivity contribution in [2.75, 3.05) is 11.9 Å². The van der Waals surface area contributed by atoms with Crippen molar-refractivity contribution in [2.24, 2.45) is 0 Å². The Balaban J connectivity index is 2.63. The maximum absolute atomic E-state index is 2.33. The molecule has 112 valence electrons. The van der Waals surface area contributed by atoms with Crippen molar-refractivity contribution in [3.63, 3.8) is 0 Å². The molecule has 0 N–H and O–H groups in total. The Morgan fingerprint density at radius 2 is 1.10 bits per heavy atom. The minimum atomic E-state index is 1.26. The third-order valence-corrected chi connectivity index (χ3v) is 5.17. The van der Waals surface area contributed by atoms with Crippen LogP contribution < -0.4 is 4.90 Å². The Kier molecular flexibility index (Phi) is 4.13. The van der Waals surface area contributed by atoms with Gasteiger partial charge in [-0.3, -0.25) is 0 Å². The van der Waals surface area contributed by atoms with E-state index in [0.29, 0.717) is 0 Å². The molecule has 2 aromatic carbocycles. The molecule has 0 aliphatic heterocycles. The molecular formula is C20H27N. The second-order valence-corrected chi connectivity index (χ2v) is 6.30. The highest BCUT2D eigenvalue weighted by Gasteiger charge is 2.16. The lowest BCUT2D eigenvalue weighted by Crippen LogP contribution is -2.15. The number of aryl methyl sites for hydroxylation is 2. The Hall–Kier alpha value is -1.76. The lowest BCUT2D eigenvalue weighted by atomic mass is 9.92. The molecule has 0 amide bonds. The van der Waals surface area contributed by atoms with E-state index in [9.17, 15) is 0 Å². The fourth-order valence-electron chi connectivity index (χ4n) is 3.05. The minimum absolute atomic E-state index is 1.26. The molecule has 0 aliphatic rings. The van der Waals surface area contributed by atoms with Crippen molar-refractivity contribution in [1.29, 1.82) is 0 Å². The molecule has 1 heteroatoms. The molecule has 0 saturated heterocycles. The molecule has 21 heavy (non-hydrogen) atoms. The van der Waals surface area contributed by atoms with Gasteiger partial charge in [-0.1, -0.05) is 6.07 Å². The van der Waals surface area contributed by atoms with E-state index < -0.39 is 0 Å². The molecule has 0 heterocycles. The van der Waals surface area contributed by atoms with Gasteiger partial charge in [0.1, 0.15) is 0 Å². The van der Waals surface area contributed by atoms with Crippen LogP contribution in [0.3, 0.4) is 0 Å². The van der Waals surface area contributed by atoms with Gasteiger partial charge in [-0.2, -0.15) is 0 Å². The highest BCUT2D eigenvalue weighted by Crippen LogP contribution is 2.36. The van der Waals surface area contributed by atoms with Crippen molar-refractivity contribution < 1.29 is 0 Å². The SMILES string of the molecule is Cc1ccc(N(C)c2c(C)c(C)c(C)c(C)c2C)cc1C. The van der Waals surface area contributed by atoms with Gasteiger partial charge in [0, 0.05) is 18.4 Å². The quantitative estimate of drug-likeness (QED) is 0.691. The summed E-state index contributed by atoms with van der Waals surface area (Å²) in [4.78, 5) is 2.33. The van der Waals surface area contributed by atoms with Crippen molar-refractivity contribution in [1.82, 2.24) is 0 Å². The Morgan fingerprint density at radius 3 is 1.57 bits per heavy atom. The summed E-state index contributed by atoms with van der Waals surface area (Å²) >= 11 is 0. The average molecular weight is 281 g/mol. The van der Waals surface area contributed by atoms with Crippen molar-refractivity contribution in [2.45, 2.75) is 48.5 Å². The van der Waals surface area contributed by atoms with E-state index >= 15 is 0 Å². The summed E-state index contributed by atoms with van der Waals surface area (Å²) in [5, 5.41) is 0. The van der Waals surface area contributed by atoms with Gasteiger partial charge in [-0.25, -0.2) is 0 Å². The molecular weight excluding hydrogens is 254 g/mol. The van der Waals surface area contributed by atoms with Gasteiger partial charge in [0.25, 0.3) is 0 Å². The molecule has 1 nitrogen and oxygen atoms in total. The summed E-state index contributed by atoms with van der Waals surface area (Å²) in [5.41, 5.74) is 12.3. The average Bonchev–Trinajstić information content (AvgIpc) is 2.46. The van der Waals surface area contributed by atoms with Gasteiger partial charge < -0.3 is 4.90 Å². The van der Waals surface area contributed by atoms with Gasteiger partial charge in [0.2, 0.25) is 0 Å². The standard InChI is InChI=1S/C20H27N/c1-12-9-10-19(11-13(12)2)21(8)20-17(6)15(4)14(3)16(5)18(20)7/h9-11H,1-8H3. The van der Waals surface area contributed by atoms with Crippen LogP contribution in [0.5, 0.6) is 0 Å². The third-order valence-electron chi connectivity index (χ3n) is 5.17. The van der Waals surface area contributed by atoms with E-state index in [1.165, 1.54) is 50.3 Å². The van der Waals surface area contributed by atoms with Crippen molar-refractivity contribution in [3.8, 4) is 0 Å². The molecule has 0 unspecified atom stereocenters. The Bertz CT molecular complexity index is 666. The maximum Gasteiger partial charge on any atom is 0.0473 e. The van der Waals surface area contributed by atoms with Crippen LogP contribution in [-0.4, -0.2) is 7.05 Å². The van der Waals surface area contributed by atoms with Crippen LogP contribution in [0.4, 0.5) is 11.4 Å². The number of hydrogen-bond acceptors (Lipinski definition) is 1. The second-order valence-electron chi connectivity index (χ2n) is 6.30. The molecule has 2 aromatic rings. The molecule has 0 saturated carbocycles. The van der Waals surface area contributed by atoms with Crippen LogP contribution in [0.1, 0.15) is 38.9 Å². The van der Waals surface area contributed by atoms with Gasteiger partial charge in [-0.05, 0) is 99.5 Å². The summed E-state index contributed by atoms with van der Waals surface area (Å²) in [6.45, 7) is 15.5. The molecule has 0 atom stereocenters. The number of hydrogen-bond donors (Lipinski definition) is 0. The fraction of sp³-hybridized carbons (Fsp3) is 0.400. The van der Waals surface area contributed by atoms with Gasteiger partial charge >= 0.3 is 0 Å². The lowest BCUT2D eigenvalue weighted by Gasteiger charge is -2.28. The lowest BCUT2D eigenvalue weighted by molar-refractivity contribution is 1.10. The normalized spacial score (nSPS) is 10.9. The van der Waals surface area contributed by atoms with Gasteiger partial charge in [0.05, 0.1) is 0 Å².